The van der Waals surface area contributed by atoms with Crippen molar-refractivity contribution >= 4 is 56.4 Å². The maximum atomic E-state index is 6.50. The topological polar surface area (TPSA) is 24.8 Å². The first kappa shape index (κ1) is 19.3. The van der Waals surface area contributed by atoms with Crippen molar-refractivity contribution < 1.29 is 4.74 Å². The van der Waals surface area contributed by atoms with Gasteiger partial charge in [-0.15, -0.1) is 0 Å². The predicted octanol–water partition coefficient (Wildman–Crippen LogP) is 7.65. The molecular weight excluding hydrogens is 495 g/mol. The molecule has 3 aromatic rings. The van der Waals surface area contributed by atoms with Crippen LogP contribution < -0.4 is 4.74 Å². The first-order valence-electron chi connectivity index (χ1n) is 9.02. The highest BCUT2D eigenvalue weighted by molar-refractivity contribution is 9.10. The van der Waals surface area contributed by atoms with Crippen LogP contribution in [0.2, 0.25) is 15.1 Å². The molecule has 0 aliphatic carbocycles. The molecule has 0 N–H and O–H groups in total. The van der Waals surface area contributed by atoms with Crippen LogP contribution in [0.25, 0.3) is 0 Å². The number of ether oxygens (including phenoxy) is 1. The van der Waals surface area contributed by atoms with Crippen LogP contribution in [0.1, 0.15) is 35.4 Å². The molecule has 0 bridgehead atoms. The van der Waals surface area contributed by atoms with Crippen molar-refractivity contribution in [2.24, 2.45) is 5.10 Å². The number of fused-ring (bicyclic) bond motifs is 3. The van der Waals surface area contributed by atoms with Crippen molar-refractivity contribution in [2.45, 2.75) is 18.7 Å². The van der Waals surface area contributed by atoms with E-state index in [-0.39, 0.29) is 6.04 Å². The van der Waals surface area contributed by atoms with Crippen LogP contribution in [0.3, 0.4) is 0 Å². The van der Waals surface area contributed by atoms with E-state index in [1.54, 1.807) is 6.07 Å². The van der Waals surface area contributed by atoms with Gasteiger partial charge in [0, 0.05) is 32.1 Å². The van der Waals surface area contributed by atoms with E-state index in [2.05, 4.69) is 28.1 Å². The minimum Gasteiger partial charge on any atom is -0.463 e. The molecular formula is C22H14BrCl3N2O. The zero-order valence-electron chi connectivity index (χ0n) is 14.9. The van der Waals surface area contributed by atoms with Crippen molar-refractivity contribution in [3.05, 3.63) is 96.9 Å². The second-order valence-electron chi connectivity index (χ2n) is 6.98. The Bertz CT molecular complexity index is 1130. The van der Waals surface area contributed by atoms with E-state index in [4.69, 9.17) is 44.6 Å². The number of hydrazone groups is 1. The van der Waals surface area contributed by atoms with Gasteiger partial charge in [0.1, 0.15) is 5.75 Å². The monoisotopic (exact) mass is 506 g/mol. The average Bonchev–Trinajstić information content (AvgIpc) is 3.14. The number of hydrogen-bond donors (Lipinski definition) is 0. The van der Waals surface area contributed by atoms with Gasteiger partial charge < -0.3 is 4.74 Å². The van der Waals surface area contributed by atoms with E-state index in [0.717, 1.165) is 33.3 Å². The number of benzene rings is 3. The molecule has 5 rings (SSSR count). The molecule has 0 radical (unpaired) electrons. The molecule has 3 aromatic carbocycles. The summed E-state index contributed by atoms with van der Waals surface area (Å²) in [7, 11) is 0. The van der Waals surface area contributed by atoms with Gasteiger partial charge in [-0.2, -0.15) is 5.10 Å². The van der Waals surface area contributed by atoms with Crippen molar-refractivity contribution in [3.8, 4) is 5.75 Å². The van der Waals surface area contributed by atoms with Crippen molar-refractivity contribution in [1.29, 1.82) is 0 Å². The Kier molecular flexibility index (Phi) is 4.99. The fourth-order valence-corrected chi connectivity index (χ4v) is 4.83. The molecule has 0 fully saturated rings. The molecule has 0 saturated heterocycles. The number of nitrogens with zero attached hydrogens (tertiary/aromatic N) is 2. The van der Waals surface area contributed by atoms with Gasteiger partial charge in [-0.05, 0) is 42.0 Å². The Balaban J connectivity index is 1.63. The molecule has 0 spiro atoms. The smallest absolute Gasteiger partial charge is 0.214 e. The zero-order chi connectivity index (χ0) is 20.1. The maximum absolute atomic E-state index is 6.50. The van der Waals surface area contributed by atoms with Crippen molar-refractivity contribution in [3.63, 3.8) is 0 Å². The van der Waals surface area contributed by atoms with Gasteiger partial charge in [-0.25, -0.2) is 5.01 Å². The summed E-state index contributed by atoms with van der Waals surface area (Å²) < 4.78 is 7.37. The van der Waals surface area contributed by atoms with E-state index in [1.807, 2.05) is 47.5 Å². The van der Waals surface area contributed by atoms with Crippen LogP contribution in [0.4, 0.5) is 0 Å². The third kappa shape index (κ3) is 3.53. The number of hydrogen-bond acceptors (Lipinski definition) is 3. The van der Waals surface area contributed by atoms with E-state index >= 15 is 0 Å². The minimum absolute atomic E-state index is 0.0300. The van der Waals surface area contributed by atoms with Crippen molar-refractivity contribution in [1.82, 2.24) is 5.01 Å². The van der Waals surface area contributed by atoms with Gasteiger partial charge in [0.05, 0.1) is 16.8 Å². The number of halogens is 4. The lowest BCUT2D eigenvalue weighted by molar-refractivity contribution is -0.0189. The van der Waals surface area contributed by atoms with Crippen LogP contribution in [0.15, 0.2) is 70.2 Å². The second kappa shape index (κ2) is 7.51. The SMILES string of the molecule is Clc1cccc([C@@H]2Oc3c(Cl)cc(Cl)cc3[C@H]3CC(c4ccc(Br)cc4)=NN32)c1. The average molecular weight is 509 g/mol. The highest BCUT2D eigenvalue weighted by Gasteiger charge is 2.42. The van der Waals surface area contributed by atoms with Gasteiger partial charge >= 0.3 is 0 Å². The first-order valence-corrected chi connectivity index (χ1v) is 10.9. The molecule has 3 nitrogen and oxygen atoms in total. The number of rotatable bonds is 2. The summed E-state index contributed by atoms with van der Waals surface area (Å²) in [4.78, 5) is 0. The van der Waals surface area contributed by atoms with Crippen LogP contribution in [-0.2, 0) is 0 Å². The third-order valence-corrected chi connectivity index (χ3v) is 6.38. The van der Waals surface area contributed by atoms with Gasteiger partial charge in [0.15, 0.2) is 0 Å². The van der Waals surface area contributed by atoms with Gasteiger partial charge in [0.2, 0.25) is 6.23 Å². The summed E-state index contributed by atoms with van der Waals surface area (Å²) in [5.41, 5.74) is 3.92. The Morgan fingerprint density at radius 3 is 2.52 bits per heavy atom. The first-order chi connectivity index (χ1) is 14.0. The molecule has 2 aliphatic rings. The highest BCUT2D eigenvalue weighted by atomic mass is 79.9. The van der Waals surface area contributed by atoms with Crippen LogP contribution >= 0.6 is 50.7 Å². The maximum Gasteiger partial charge on any atom is 0.214 e. The molecule has 146 valence electrons. The van der Waals surface area contributed by atoms with Crippen LogP contribution in [-0.4, -0.2) is 10.7 Å². The summed E-state index contributed by atoms with van der Waals surface area (Å²) in [5.74, 6) is 0.648. The lowest BCUT2D eigenvalue weighted by Crippen LogP contribution is -2.33. The predicted molar refractivity (Wildman–Crippen MR) is 121 cm³/mol. The Hall–Kier alpha value is -1.72. The molecule has 29 heavy (non-hydrogen) atoms. The summed E-state index contributed by atoms with van der Waals surface area (Å²) in [5, 5.41) is 8.64. The molecule has 0 saturated carbocycles. The lowest BCUT2D eigenvalue weighted by Gasteiger charge is -2.38. The van der Waals surface area contributed by atoms with Crippen molar-refractivity contribution in [2.75, 3.05) is 0 Å². The zero-order valence-corrected chi connectivity index (χ0v) is 18.8. The largest absolute Gasteiger partial charge is 0.463 e. The summed E-state index contributed by atoms with van der Waals surface area (Å²) in [6, 6.07) is 19.4. The molecule has 7 heteroatoms. The lowest BCUT2D eigenvalue weighted by atomic mass is 9.96. The summed E-state index contributed by atoms with van der Waals surface area (Å²) >= 11 is 22.5. The molecule has 2 atom stereocenters. The fourth-order valence-electron chi connectivity index (χ4n) is 3.81. The third-order valence-electron chi connectivity index (χ3n) is 5.12. The Morgan fingerprint density at radius 2 is 1.76 bits per heavy atom. The molecule has 2 heterocycles. The quantitative estimate of drug-likeness (QED) is 0.355. The normalized spacial score (nSPS) is 20.0. The van der Waals surface area contributed by atoms with E-state index < -0.39 is 6.23 Å². The van der Waals surface area contributed by atoms with Crippen LogP contribution in [0.5, 0.6) is 5.75 Å². The Labute approximate surface area is 192 Å². The standard InChI is InChI=1S/C22H14BrCl3N2O/c23-14-6-4-12(5-7-14)19-11-20-17-9-16(25)10-18(26)21(17)29-22(28(20)27-19)13-2-1-3-15(24)8-13/h1-10,20,22H,11H2/t20-,22+/m1/s1. The van der Waals surface area contributed by atoms with Gasteiger partial charge in [-0.1, -0.05) is 75.0 Å². The fraction of sp³-hybridized carbons (Fsp3) is 0.136. The Morgan fingerprint density at radius 1 is 0.966 bits per heavy atom. The molecule has 0 amide bonds. The highest BCUT2D eigenvalue weighted by Crippen LogP contribution is 2.50. The molecule has 0 aromatic heterocycles. The summed E-state index contributed by atoms with van der Waals surface area (Å²) in [6.45, 7) is 0. The van der Waals surface area contributed by atoms with E-state index in [1.165, 1.54) is 0 Å². The van der Waals surface area contributed by atoms with E-state index in [9.17, 15) is 0 Å². The summed E-state index contributed by atoms with van der Waals surface area (Å²) in [6.07, 6.45) is 0.295. The minimum atomic E-state index is -0.433. The van der Waals surface area contributed by atoms with Gasteiger partial charge in [-0.3, -0.25) is 0 Å². The second-order valence-corrected chi connectivity index (χ2v) is 9.18. The van der Waals surface area contributed by atoms with Crippen LogP contribution in [0, 0.1) is 0 Å². The molecule has 2 aliphatic heterocycles. The van der Waals surface area contributed by atoms with Gasteiger partial charge in [0.25, 0.3) is 0 Å². The van der Waals surface area contributed by atoms with E-state index in [0.29, 0.717) is 20.8 Å². The molecule has 0 unspecified atom stereocenters.